The van der Waals surface area contributed by atoms with Crippen molar-refractivity contribution >= 4 is 0 Å². The van der Waals surface area contributed by atoms with E-state index in [1.165, 1.54) is 24.1 Å². The van der Waals surface area contributed by atoms with Gasteiger partial charge in [-0.1, -0.05) is 0 Å². The van der Waals surface area contributed by atoms with Crippen LogP contribution in [0, 0.1) is 6.92 Å². The molecule has 0 aliphatic carbocycles. The van der Waals surface area contributed by atoms with Crippen molar-refractivity contribution in [3.8, 4) is 11.3 Å². The van der Waals surface area contributed by atoms with E-state index < -0.39 is 0 Å². The molecule has 1 aliphatic heterocycles. The molecule has 3 rings (SSSR count). The number of piperidine rings is 1. The Morgan fingerprint density at radius 1 is 1.28 bits per heavy atom. The Hall–Kier alpha value is -1.68. The fraction of sp³-hybridized carbons (Fsp3) is 0.429. The van der Waals surface area contributed by atoms with Crippen molar-refractivity contribution in [2.45, 2.75) is 25.7 Å². The maximum absolute atomic E-state index is 4.48. The molecule has 1 fully saturated rings. The van der Waals surface area contributed by atoms with Crippen LogP contribution < -0.4 is 5.32 Å². The smallest absolute Gasteiger partial charge is 0.0968 e. The summed E-state index contributed by atoms with van der Waals surface area (Å²) in [6.45, 7) is 4.36. The maximum atomic E-state index is 4.48. The van der Waals surface area contributed by atoms with E-state index in [1.54, 1.807) is 6.20 Å². The number of nitrogens with zero attached hydrogens (tertiary/aromatic N) is 2. The van der Waals surface area contributed by atoms with Gasteiger partial charge in [-0.2, -0.15) is 5.10 Å². The molecular formula is C14H18N4. The molecule has 2 N–H and O–H groups in total. The Kier molecular flexibility index (Phi) is 3.11. The summed E-state index contributed by atoms with van der Waals surface area (Å²) in [6.07, 6.45) is 6.04. The van der Waals surface area contributed by atoms with Crippen molar-refractivity contribution in [2.75, 3.05) is 13.1 Å². The largest absolute Gasteiger partial charge is 0.317 e. The zero-order valence-electron chi connectivity index (χ0n) is 10.6. The molecule has 18 heavy (non-hydrogen) atoms. The van der Waals surface area contributed by atoms with Crippen LogP contribution in [0.5, 0.6) is 0 Å². The van der Waals surface area contributed by atoms with Gasteiger partial charge in [-0.3, -0.25) is 10.1 Å². The van der Waals surface area contributed by atoms with Gasteiger partial charge in [-0.15, -0.1) is 0 Å². The van der Waals surface area contributed by atoms with Gasteiger partial charge in [0, 0.05) is 29.6 Å². The minimum Gasteiger partial charge on any atom is -0.317 e. The SMILES string of the molecule is Cc1c(-c2cccnc2)n[nH]c1C1CCNCC1. The van der Waals surface area contributed by atoms with Crippen LogP contribution in [0.3, 0.4) is 0 Å². The number of H-pyrrole nitrogens is 1. The summed E-state index contributed by atoms with van der Waals surface area (Å²) in [5, 5.41) is 11.1. The molecule has 4 nitrogen and oxygen atoms in total. The number of rotatable bonds is 2. The van der Waals surface area contributed by atoms with Crippen LogP contribution in [-0.4, -0.2) is 28.3 Å². The summed E-state index contributed by atoms with van der Waals surface area (Å²) in [7, 11) is 0. The Morgan fingerprint density at radius 2 is 2.11 bits per heavy atom. The van der Waals surface area contributed by atoms with E-state index in [9.17, 15) is 0 Å². The first-order chi connectivity index (χ1) is 8.86. The van der Waals surface area contributed by atoms with Crippen LogP contribution in [0.25, 0.3) is 11.3 Å². The molecule has 1 aliphatic rings. The van der Waals surface area contributed by atoms with Crippen molar-refractivity contribution in [1.82, 2.24) is 20.5 Å². The number of aromatic amines is 1. The van der Waals surface area contributed by atoms with E-state index in [-0.39, 0.29) is 0 Å². The highest BCUT2D eigenvalue weighted by atomic mass is 15.1. The molecule has 94 valence electrons. The van der Waals surface area contributed by atoms with Gasteiger partial charge in [-0.05, 0) is 50.6 Å². The Bertz CT molecular complexity index is 512. The summed E-state index contributed by atoms with van der Waals surface area (Å²) < 4.78 is 0. The van der Waals surface area contributed by atoms with Crippen molar-refractivity contribution in [3.05, 3.63) is 35.8 Å². The molecule has 0 unspecified atom stereocenters. The zero-order valence-corrected chi connectivity index (χ0v) is 10.6. The van der Waals surface area contributed by atoms with Crippen LogP contribution in [0.1, 0.15) is 30.0 Å². The fourth-order valence-electron chi connectivity index (χ4n) is 2.70. The molecule has 2 aromatic rings. The highest BCUT2D eigenvalue weighted by Crippen LogP contribution is 2.31. The highest BCUT2D eigenvalue weighted by Gasteiger charge is 2.21. The molecule has 0 bridgehead atoms. The fourth-order valence-corrected chi connectivity index (χ4v) is 2.70. The van der Waals surface area contributed by atoms with Gasteiger partial charge < -0.3 is 5.32 Å². The Morgan fingerprint density at radius 3 is 2.83 bits per heavy atom. The average molecular weight is 242 g/mol. The van der Waals surface area contributed by atoms with E-state index in [0.717, 1.165) is 24.3 Å². The standard InChI is InChI=1S/C14H18N4/c1-10-13(11-4-7-15-8-5-11)17-18-14(10)12-3-2-6-16-9-12/h2-3,6,9,11,15H,4-5,7-8H2,1H3,(H,17,18). The van der Waals surface area contributed by atoms with E-state index in [1.807, 2.05) is 12.3 Å². The predicted octanol–water partition coefficient (Wildman–Crippen LogP) is 2.25. The molecule has 4 heteroatoms. The van der Waals surface area contributed by atoms with Gasteiger partial charge in [0.15, 0.2) is 0 Å². The third kappa shape index (κ3) is 2.04. The van der Waals surface area contributed by atoms with Gasteiger partial charge in [-0.25, -0.2) is 0 Å². The van der Waals surface area contributed by atoms with Crippen LogP contribution in [0.15, 0.2) is 24.5 Å². The molecule has 0 amide bonds. The van der Waals surface area contributed by atoms with E-state index in [0.29, 0.717) is 5.92 Å². The molecule has 2 aromatic heterocycles. The third-order valence-electron chi connectivity index (χ3n) is 3.73. The minimum absolute atomic E-state index is 0.615. The maximum Gasteiger partial charge on any atom is 0.0968 e. The van der Waals surface area contributed by atoms with Crippen LogP contribution in [0.2, 0.25) is 0 Å². The van der Waals surface area contributed by atoms with Crippen molar-refractivity contribution in [3.63, 3.8) is 0 Å². The Labute approximate surface area is 107 Å². The monoisotopic (exact) mass is 242 g/mol. The van der Waals surface area contributed by atoms with Gasteiger partial charge in [0.25, 0.3) is 0 Å². The number of nitrogens with one attached hydrogen (secondary N) is 2. The normalized spacial score (nSPS) is 16.9. The lowest BCUT2D eigenvalue weighted by Gasteiger charge is -2.22. The van der Waals surface area contributed by atoms with Gasteiger partial charge in [0.2, 0.25) is 0 Å². The first-order valence-corrected chi connectivity index (χ1v) is 6.52. The van der Waals surface area contributed by atoms with Crippen LogP contribution in [0.4, 0.5) is 0 Å². The number of hydrogen-bond acceptors (Lipinski definition) is 3. The molecule has 0 atom stereocenters. The van der Waals surface area contributed by atoms with Crippen molar-refractivity contribution < 1.29 is 0 Å². The summed E-state index contributed by atoms with van der Waals surface area (Å²) in [6, 6.07) is 4.01. The first kappa shape index (κ1) is 11.4. The third-order valence-corrected chi connectivity index (χ3v) is 3.73. The van der Waals surface area contributed by atoms with Gasteiger partial charge in [0.1, 0.15) is 0 Å². The second-order valence-electron chi connectivity index (χ2n) is 4.88. The second-order valence-corrected chi connectivity index (χ2v) is 4.88. The summed E-state index contributed by atoms with van der Waals surface area (Å²) in [5.74, 6) is 0.615. The molecule has 0 spiro atoms. The molecular weight excluding hydrogens is 224 g/mol. The topological polar surface area (TPSA) is 53.6 Å². The van der Waals surface area contributed by atoms with Crippen LogP contribution >= 0.6 is 0 Å². The predicted molar refractivity (Wildman–Crippen MR) is 71.4 cm³/mol. The summed E-state index contributed by atoms with van der Waals surface area (Å²) in [4.78, 5) is 4.16. The second kappa shape index (κ2) is 4.90. The van der Waals surface area contributed by atoms with Crippen molar-refractivity contribution in [1.29, 1.82) is 0 Å². The molecule has 0 saturated carbocycles. The number of aromatic nitrogens is 3. The lowest BCUT2D eigenvalue weighted by atomic mass is 9.91. The Balaban J connectivity index is 1.92. The first-order valence-electron chi connectivity index (χ1n) is 6.52. The van der Waals surface area contributed by atoms with Gasteiger partial charge >= 0.3 is 0 Å². The number of pyridine rings is 1. The van der Waals surface area contributed by atoms with Gasteiger partial charge in [0.05, 0.1) is 5.69 Å². The zero-order chi connectivity index (χ0) is 12.4. The quantitative estimate of drug-likeness (QED) is 0.849. The summed E-state index contributed by atoms with van der Waals surface area (Å²) in [5.41, 5.74) is 4.70. The van der Waals surface area contributed by atoms with Crippen molar-refractivity contribution in [2.24, 2.45) is 0 Å². The van der Waals surface area contributed by atoms with E-state index >= 15 is 0 Å². The minimum atomic E-state index is 0.615. The lowest BCUT2D eigenvalue weighted by Crippen LogP contribution is -2.27. The number of hydrogen-bond donors (Lipinski definition) is 2. The van der Waals surface area contributed by atoms with Crippen LogP contribution in [-0.2, 0) is 0 Å². The van der Waals surface area contributed by atoms with E-state index in [4.69, 9.17) is 0 Å². The lowest BCUT2D eigenvalue weighted by molar-refractivity contribution is 0.451. The molecule has 0 aromatic carbocycles. The van der Waals surface area contributed by atoms with E-state index in [2.05, 4.69) is 33.5 Å². The highest BCUT2D eigenvalue weighted by molar-refractivity contribution is 5.62. The molecule has 1 saturated heterocycles. The summed E-state index contributed by atoms with van der Waals surface area (Å²) >= 11 is 0. The average Bonchev–Trinajstić information content (AvgIpc) is 2.83. The molecule has 3 heterocycles. The molecule has 0 radical (unpaired) electrons.